The highest BCUT2D eigenvalue weighted by Crippen LogP contribution is 2.26. The minimum Gasteiger partial charge on any atom is -0.461 e. The molecular formula is C11H16F2O4. The Bertz CT molecular complexity index is 313. The molecule has 0 heterocycles. The van der Waals surface area contributed by atoms with Crippen LogP contribution in [0.1, 0.15) is 27.2 Å². The first-order chi connectivity index (χ1) is 7.77. The highest BCUT2D eigenvalue weighted by Gasteiger charge is 2.50. The number of hydrogen-bond donors (Lipinski definition) is 0. The molecule has 0 saturated heterocycles. The fourth-order valence-corrected chi connectivity index (χ4v) is 1.00. The SMILES string of the molecule is C=C(C)C(=O)OC(CC)C(F)(F)C(=O)OCC. The van der Waals surface area contributed by atoms with E-state index in [0.29, 0.717) is 0 Å². The van der Waals surface area contributed by atoms with Crippen LogP contribution < -0.4 is 0 Å². The summed E-state index contributed by atoms with van der Waals surface area (Å²) in [5.41, 5.74) is -0.0110. The van der Waals surface area contributed by atoms with Crippen LogP contribution in [0.2, 0.25) is 0 Å². The Morgan fingerprint density at radius 2 is 1.88 bits per heavy atom. The summed E-state index contributed by atoms with van der Waals surface area (Å²) in [5.74, 6) is -6.50. The molecule has 0 bridgehead atoms. The van der Waals surface area contributed by atoms with Crippen molar-refractivity contribution in [2.75, 3.05) is 6.61 Å². The molecule has 17 heavy (non-hydrogen) atoms. The number of esters is 2. The molecule has 0 N–H and O–H groups in total. The van der Waals surface area contributed by atoms with Gasteiger partial charge < -0.3 is 9.47 Å². The molecule has 0 rings (SSSR count). The second-order valence-electron chi connectivity index (χ2n) is 3.43. The van der Waals surface area contributed by atoms with Crippen LogP contribution in [0.25, 0.3) is 0 Å². The van der Waals surface area contributed by atoms with Crippen molar-refractivity contribution in [1.82, 2.24) is 0 Å². The number of halogens is 2. The molecule has 1 unspecified atom stereocenters. The molecule has 0 saturated carbocycles. The van der Waals surface area contributed by atoms with Crippen molar-refractivity contribution in [2.24, 2.45) is 0 Å². The Kier molecular flexibility index (Phi) is 5.78. The van der Waals surface area contributed by atoms with Gasteiger partial charge in [-0.25, -0.2) is 9.59 Å². The van der Waals surface area contributed by atoms with Gasteiger partial charge in [0.05, 0.1) is 6.61 Å². The van der Waals surface area contributed by atoms with E-state index in [1.165, 1.54) is 20.8 Å². The molecule has 0 aliphatic rings. The Balaban J connectivity index is 4.79. The van der Waals surface area contributed by atoms with Gasteiger partial charge in [-0.15, -0.1) is 0 Å². The molecule has 0 aliphatic carbocycles. The fourth-order valence-electron chi connectivity index (χ4n) is 1.00. The molecule has 6 heteroatoms. The van der Waals surface area contributed by atoms with Gasteiger partial charge in [-0.3, -0.25) is 0 Å². The molecule has 0 radical (unpaired) electrons. The predicted molar refractivity (Wildman–Crippen MR) is 56.6 cm³/mol. The summed E-state index contributed by atoms with van der Waals surface area (Å²) < 4.78 is 35.8. The van der Waals surface area contributed by atoms with Crippen LogP contribution >= 0.6 is 0 Å². The summed E-state index contributed by atoms with van der Waals surface area (Å²) in [5, 5.41) is 0. The number of carbonyl (C=O) groups is 2. The van der Waals surface area contributed by atoms with Gasteiger partial charge in [0, 0.05) is 5.57 Å². The van der Waals surface area contributed by atoms with Gasteiger partial charge >= 0.3 is 17.9 Å². The van der Waals surface area contributed by atoms with Crippen molar-refractivity contribution >= 4 is 11.9 Å². The van der Waals surface area contributed by atoms with Crippen molar-refractivity contribution in [3.05, 3.63) is 12.2 Å². The standard InChI is InChI=1S/C11H16F2O4/c1-5-8(17-9(14)7(3)4)11(12,13)10(15)16-6-2/h8H,3,5-6H2,1-2,4H3. The van der Waals surface area contributed by atoms with E-state index in [9.17, 15) is 18.4 Å². The average Bonchev–Trinajstić information content (AvgIpc) is 2.25. The van der Waals surface area contributed by atoms with Gasteiger partial charge in [0.1, 0.15) is 0 Å². The second-order valence-corrected chi connectivity index (χ2v) is 3.43. The third kappa shape index (κ3) is 4.13. The third-order valence-corrected chi connectivity index (χ3v) is 1.92. The average molecular weight is 250 g/mol. The van der Waals surface area contributed by atoms with Gasteiger partial charge in [-0.1, -0.05) is 13.5 Å². The van der Waals surface area contributed by atoms with E-state index >= 15 is 0 Å². The van der Waals surface area contributed by atoms with E-state index in [1.54, 1.807) is 0 Å². The van der Waals surface area contributed by atoms with Gasteiger partial charge in [0.2, 0.25) is 0 Å². The van der Waals surface area contributed by atoms with Crippen LogP contribution in [-0.2, 0) is 19.1 Å². The maximum Gasteiger partial charge on any atom is 0.381 e. The zero-order chi connectivity index (χ0) is 13.6. The molecule has 98 valence electrons. The largest absolute Gasteiger partial charge is 0.461 e. The number of ether oxygens (including phenoxy) is 2. The molecule has 0 fully saturated rings. The Morgan fingerprint density at radius 1 is 1.35 bits per heavy atom. The van der Waals surface area contributed by atoms with E-state index in [4.69, 9.17) is 0 Å². The lowest BCUT2D eigenvalue weighted by atomic mass is 10.1. The minimum atomic E-state index is -3.85. The zero-order valence-electron chi connectivity index (χ0n) is 10.1. The number of hydrogen-bond acceptors (Lipinski definition) is 4. The fraction of sp³-hybridized carbons (Fsp3) is 0.636. The molecule has 0 spiro atoms. The lowest BCUT2D eigenvalue weighted by Crippen LogP contribution is -2.45. The lowest BCUT2D eigenvalue weighted by molar-refractivity contribution is -0.196. The Hall–Kier alpha value is -1.46. The van der Waals surface area contributed by atoms with E-state index in [0.717, 1.165) is 0 Å². The molecule has 0 aromatic heterocycles. The van der Waals surface area contributed by atoms with Gasteiger partial charge in [-0.05, 0) is 20.3 Å². The van der Waals surface area contributed by atoms with Crippen molar-refractivity contribution in [2.45, 2.75) is 39.2 Å². The first kappa shape index (κ1) is 15.5. The summed E-state index contributed by atoms with van der Waals surface area (Å²) in [7, 11) is 0. The topological polar surface area (TPSA) is 52.6 Å². The lowest BCUT2D eigenvalue weighted by Gasteiger charge is -2.23. The van der Waals surface area contributed by atoms with Crippen LogP contribution in [0.4, 0.5) is 8.78 Å². The maximum absolute atomic E-state index is 13.5. The number of alkyl halides is 2. The first-order valence-electron chi connectivity index (χ1n) is 5.18. The summed E-state index contributed by atoms with van der Waals surface area (Å²) in [6, 6.07) is 0. The van der Waals surface area contributed by atoms with Gasteiger partial charge in [0.25, 0.3) is 0 Å². The number of rotatable bonds is 6. The molecule has 0 aliphatic heterocycles. The molecular weight excluding hydrogens is 234 g/mol. The summed E-state index contributed by atoms with van der Waals surface area (Å²) >= 11 is 0. The smallest absolute Gasteiger partial charge is 0.381 e. The van der Waals surface area contributed by atoms with Crippen molar-refractivity contribution in [3.8, 4) is 0 Å². The highest BCUT2D eigenvalue weighted by atomic mass is 19.3. The second kappa shape index (κ2) is 6.32. The minimum absolute atomic E-state index is 0.0110. The predicted octanol–water partition coefficient (Wildman–Crippen LogP) is 2.08. The normalized spacial score (nSPS) is 12.8. The first-order valence-corrected chi connectivity index (χ1v) is 5.18. The molecule has 0 aromatic carbocycles. The monoisotopic (exact) mass is 250 g/mol. The molecule has 0 aromatic rings. The van der Waals surface area contributed by atoms with Crippen molar-refractivity contribution in [1.29, 1.82) is 0 Å². The van der Waals surface area contributed by atoms with Crippen LogP contribution in [0.15, 0.2) is 12.2 Å². The van der Waals surface area contributed by atoms with Gasteiger partial charge in [-0.2, -0.15) is 8.78 Å². The Labute approximate surface area is 98.6 Å². The summed E-state index contributed by atoms with van der Waals surface area (Å²) in [6.45, 7) is 7.22. The van der Waals surface area contributed by atoms with Crippen molar-refractivity contribution < 1.29 is 27.8 Å². The zero-order valence-corrected chi connectivity index (χ0v) is 10.1. The maximum atomic E-state index is 13.5. The summed E-state index contributed by atoms with van der Waals surface area (Å²) in [6.07, 6.45) is -2.05. The summed E-state index contributed by atoms with van der Waals surface area (Å²) in [4.78, 5) is 22.2. The number of carbonyl (C=O) groups excluding carboxylic acids is 2. The van der Waals surface area contributed by atoms with E-state index < -0.39 is 24.0 Å². The highest BCUT2D eigenvalue weighted by molar-refractivity contribution is 5.87. The van der Waals surface area contributed by atoms with E-state index in [-0.39, 0.29) is 18.6 Å². The van der Waals surface area contributed by atoms with Crippen LogP contribution in [0, 0.1) is 0 Å². The van der Waals surface area contributed by atoms with Gasteiger partial charge in [0.15, 0.2) is 6.10 Å². The molecule has 0 amide bonds. The van der Waals surface area contributed by atoms with Crippen LogP contribution in [-0.4, -0.2) is 30.6 Å². The Morgan fingerprint density at radius 3 is 2.24 bits per heavy atom. The van der Waals surface area contributed by atoms with Crippen LogP contribution in [0.3, 0.4) is 0 Å². The van der Waals surface area contributed by atoms with Crippen LogP contribution in [0.5, 0.6) is 0 Å². The van der Waals surface area contributed by atoms with E-state index in [1.807, 2.05) is 0 Å². The third-order valence-electron chi connectivity index (χ3n) is 1.92. The van der Waals surface area contributed by atoms with E-state index in [2.05, 4.69) is 16.1 Å². The molecule has 1 atom stereocenters. The van der Waals surface area contributed by atoms with Crippen molar-refractivity contribution in [3.63, 3.8) is 0 Å². The molecule has 4 nitrogen and oxygen atoms in total. The quantitative estimate of drug-likeness (QED) is 0.535.